The number of amides is 1. The van der Waals surface area contributed by atoms with E-state index in [4.69, 9.17) is 0 Å². The summed E-state index contributed by atoms with van der Waals surface area (Å²) in [6.07, 6.45) is -1.24. The Balaban J connectivity index is 1.62. The SMILES string of the molecule is O=C(Cc1ccc(S(=O)(=O)N2CCCC2)s1)NC1CCCCC1C(F)(F)F. The van der Waals surface area contributed by atoms with E-state index in [-0.39, 0.29) is 17.1 Å². The molecule has 2 heterocycles. The van der Waals surface area contributed by atoms with E-state index in [1.54, 1.807) is 6.07 Å². The average molecular weight is 425 g/mol. The standard InChI is InChI=1S/C17H23F3N2O3S2/c18-17(19,20)13-5-1-2-6-14(13)21-15(23)11-12-7-8-16(26-12)27(24,25)22-9-3-4-10-22/h7-8,13-14H,1-6,9-11H2,(H,21,23). The van der Waals surface area contributed by atoms with Crippen molar-refractivity contribution in [3.8, 4) is 0 Å². The molecule has 1 aliphatic carbocycles. The predicted octanol–water partition coefficient (Wildman–Crippen LogP) is 3.31. The van der Waals surface area contributed by atoms with E-state index in [2.05, 4.69) is 5.32 Å². The fourth-order valence-electron chi connectivity index (χ4n) is 3.76. The zero-order valence-corrected chi connectivity index (χ0v) is 16.4. The van der Waals surface area contributed by atoms with Crippen molar-refractivity contribution in [2.24, 2.45) is 5.92 Å². The van der Waals surface area contributed by atoms with E-state index in [9.17, 15) is 26.4 Å². The van der Waals surface area contributed by atoms with Gasteiger partial charge in [0.1, 0.15) is 4.21 Å². The molecule has 0 spiro atoms. The molecule has 10 heteroatoms. The normalized spacial score (nSPS) is 24.9. The summed E-state index contributed by atoms with van der Waals surface area (Å²) in [4.78, 5) is 12.8. The molecule has 1 saturated heterocycles. The molecule has 1 aliphatic heterocycles. The summed E-state index contributed by atoms with van der Waals surface area (Å²) >= 11 is 1.01. The topological polar surface area (TPSA) is 66.5 Å². The van der Waals surface area contributed by atoms with Crippen LogP contribution >= 0.6 is 11.3 Å². The molecule has 1 amide bonds. The van der Waals surface area contributed by atoms with E-state index in [1.165, 1.54) is 10.4 Å². The van der Waals surface area contributed by atoms with Gasteiger partial charge in [0, 0.05) is 24.0 Å². The minimum Gasteiger partial charge on any atom is -0.352 e. The lowest BCUT2D eigenvalue weighted by Gasteiger charge is -2.33. The van der Waals surface area contributed by atoms with E-state index in [0.29, 0.717) is 37.2 Å². The van der Waals surface area contributed by atoms with Crippen LogP contribution in [0.3, 0.4) is 0 Å². The predicted molar refractivity (Wildman–Crippen MR) is 96.0 cm³/mol. The lowest BCUT2D eigenvalue weighted by Crippen LogP contribution is -2.48. The van der Waals surface area contributed by atoms with Crippen LogP contribution in [-0.2, 0) is 21.2 Å². The van der Waals surface area contributed by atoms with Crippen LogP contribution in [0.4, 0.5) is 13.2 Å². The van der Waals surface area contributed by atoms with Crippen LogP contribution in [0.15, 0.2) is 16.3 Å². The molecule has 0 bridgehead atoms. The number of nitrogens with zero attached hydrogens (tertiary/aromatic N) is 1. The Morgan fingerprint density at radius 2 is 1.81 bits per heavy atom. The zero-order chi connectivity index (χ0) is 19.7. The quantitative estimate of drug-likeness (QED) is 0.789. The summed E-state index contributed by atoms with van der Waals surface area (Å²) in [6, 6.07) is 2.13. The molecule has 2 aliphatic rings. The molecule has 1 aromatic rings. The zero-order valence-electron chi connectivity index (χ0n) is 14.8. The molecule has 2 fully saturated rings. The number of hydrogen-bond acceptors (Lipinski definition) is 4. The molecule has 152 valence electrons. The van der Waals surface area contributed by atoms with Crippen LogP contribution in [0.25, 0.3) is 0 Å². The van der Waals surface area contributed by atoms with Crippen molar-refractivity contribution < 1.29 is 26.4 Å². The largest absolute Gasteiger partial charge is 0.393 e. The van der Waals surface area contributed by atoms with Gasteiger partial charge in [0.25, 0.3) is 10.0 Å². The van der Waals surface area contributed by atoms with Gasteiger partial charge in [-0.15, -0.1) is 11.3 Å². The maximum absolute atomic E-state index is 13.1. The maximum Gasteiger partial charge on any atom is 0.393 e. The summed E-state index contributed by atoms with van der Waals surface area (Å²) in [6.45, 7) is 0.993. The molecular weight excluding hydrogens is 401 g/mol. The smallest absolute Gasteiger partial charge is 0.352 e. The second kappa shape index (κ2) is 8.08. The highest BCUT2D eigenvalue weighted by Crippen LogP contribution is 2.37. The Hall–Kier alpha value is -1.13. The van der Waals surface area contributed by atoms with Gasteiger partial charge in [-0.25, -0.2) is 8.42 Å². The first-order valence-electron chi connectivity index (χ1n) is 9.13. The van der Waals surface area contributed by atoms with Crippen LogP contribution < -0.4 is 5.32 Å². The first kappa shape index (κ1) is 20.6. The first-order chi connectivity index (χ1) is 12.7. The Labute approximate surface area is 161 Å². The van der Waals surface area contributed by atoms with Gasteiger partial charge in [-0.2, -0.15) is 17.5 Å². The van der Waals surface area contributed by atoms with Crippen LogP contribution in [0.5, 0.6) is 0 Å². The third kappa shape index (κ3) is 4.83. The number of alkyl halides is 3. The minimum atomic E-state index is -4.32. The molecule has 0 aromatic carbocycles. The summed E-state index contributed by atoms with van der Waals surface area (Å²) < 4.78 is 66.0. The Morgan fingerprint density at radius 3 is 2.48 bits per heavy atom. The van der Waals surface area contributed by atoms with Crippen molar-refractivity contribution in [1.82, 2.24) is 9.62 Å². The molecule has 0 radical (unpaired) electrons. The Bertz CT molecular complexity index is 771. The molecule has 5 nitrogen and oxygen atoms in total. The highest BCUT2D eigenvalue weighted by atomic mass is 32.2. The molecular formula is C17H23F3N2O3S2. The van der Waals surface area contributed by atoms with Gasteiger partial charge in [0.15, 0.2) is 0 Å². The number of halogens is 3. The number of carbonyl (C=O) groups is 1. The van der Waals surface area contributed by atoms with Crippen molar-refractivity contribution in [3.05, 3.63) is 17.0 Å². The molecule has 2 atom stereocenters. The maximum atomic E-state index is 13.1. The molecule has 1 aromatic heterocycles. The third-order valence-corrected chi connectivity index (χ3v) is 8.62. The van der Waals surface area contributed by atoms with Gasteiger partial charge < -0.3 is 5.32 Å². The second-order valence-electron chi connectivity index (χ2n) is 7.12. The van der Waals surface area contributed by atoms with E-state index in [0.717, 1.165) is 24.2 Å². The van der Waals surface area contributed by atoms with Crippen LogP contribution in [-0.4, -0.2) is 43.9 Å². The Kier molecular flexibility index (Phi) is 6.17. The number of thiophene rings is 1. The number of rotatable bonds is 5. The molecule has 3 rings (SSSR count). The highest BCUT2D eigenvalue weighted by Gasteiger charge is 2.45. The van der Waals surface area contributed by atoms with Gasteiger partial charge in [-0.3, -0.25) is 4.79 Å². The van der Waals surface area contributed by atoms with Crippen LogP contribution in [0, 0.1) is 5.92 Å². The summed E-state index contributed by atoms with van der Waals surface area (Å²) in [7, 11) is -3.54. The van der Waals surface area contributed by atoms with E-state index in [1.807, 2.05) is 0 Å². The van der Waals surface area contributed by atoms with Crippen molar-refractivity contribution in [3.63, 3.8) is 0 Å². The summed E-state index contributed by atoms with van der Waals surface area (Å²) in [5, 5.41) is 2.51. The minimum absolute atomic E-state index is 0.0334. The van der Waals surface area contributed by atoms with Crippen molar-refractivity contribution >= 4 is 27.3 Å². The number of sulfonamides is 1. The third-order valence-electron chi connectivity index (χ3n) is 5.16. The van der Waals surface area contributed by atoms with Crippen molar-refractivity contribution in [1.29, 1.82) is 0 Å². The van der Waals surface area contributed by atoms with Crippen molar-refractivity contribution in [2.75, 3.05) is 13.1 Å². The van der Waals surface area contributed by atoms with E-state index < -0.39 is 34.1 Å². The average Bonchev–Trinajstić information content (AvgIpc) is 3.26. The van der Waals surface area contributed by atoms with Gasteiger partial charge in [0.05, 0.1) is 12.3 Å². The van der Waals surface area contributed by atoms with Gasteiger partial charge >= 0.3 is 6.18 Å². The molecule has 2 unspecified atom stereocenters. The van der Waals surface area contributed by atoms with Gasteiger partial charge in [-0.05, 0) is 37.8 Å². The molecule has 1 saturated carbocycles. The lowest BCUT2D eigenvalue weighted by atomic mass is 9.84. The van der Waals surface area contributed by atoms with Crippen LogP contribution in [0.1, 0.15) is 43.4 Å². The van der Waals surface area contributed by atoms with Gasteiger partial charge in [-0.1, -0.05) is 12.8 Å². The number of hydrogen-bond donors (Lipinski definition) is 1. The monoisotopic (exact) mass is 424 g/mol. The Morgan fingerprint density at radius 1 is 1.15 bits per heavy atom. The van der Waals surface area contributed by atoms with Crippen molar-refractivity contribution in [2.45, 2.75) is 61.4 Å². The fourth-order valence-corrected chi connectivity index (χ4v) is 6.78. The number of nitrogens with one attached hydrogen (secondary N) is 1. The first-order valence-corrected chi connectivity index (χ1v) is 11.4. The molecule has 1 N–H and O–H groups in total. The summed E-state index contributed by atoms with van der Waals surface area (Å²) in [5.74, 6) is -2.01. The molecule has 27 heavy (non-hydrogen) atoms. The van der Waals surface area contributed by atoms with Gasteiger partial charge in [0.2, 0.25) is 5.91 Å². The second-order valence-corrected chi connectivity index (χ2v) is 10.4. The van der Waals surface area contributed by atoms with E-state index >= 15 is 0 Å². The number of carbonyl (C=O) groups excluding carboxylic acids is 1. The highest BCUT2D eigenvalue weighted by molar-refractivity contribution is 7.91. The van der Waals surface area contributed by atoms with Crippen LogP contribution in [0.2, 0.25) is 0 Å². The summed E-state index contributed by atoms with van der Waals surface area (Å²) in [5.41, 5.74) is 0. The lowest BCUT2D eigenvalue weighted by molar-refractivity contribution is -0.189. The fraction of sp³-hybridized carbons (Fsp3) is 0.706.